The van der Waals surface area contributed by atoms with Gasteiger partial charge in [0, 0.05) is 11.7 Å². The number of ether oxygens (including phenoxy) is 2. The molecular formula is C24H24N2O3. The first-order valence-corrected chi connectivity index (χ1v) is 9.72. The molecule has 4 rings (SSSR count). The normalized spacial score (nSPS) is 13.0. The van der Waals surface area contributed by atoms with E-state index in [9.17, 15) is 4.79 Å². The van der Waals surface area contributed by atoms with Crippen molar-refractivity contribution in [2.24, 2.45) is 0 Å². The molecule has 29 heavy (non-hydrogen) atoms. The Hall–Kier alpha value is -3.47. The fourth-order valence-corrected chi connectivity index (χ4v) is 3.41. The summed E-state index contributed by atoms with van der Waals surface area (Å²) in [4.78, 5) is 12.6. The molecule has 5 nitrogen and oxygen atoms in total. The SMILES string of the molecule is Cc1ccc(NC(=O)N[C@H](Cc2ccccc2)Cc2ccc3c(c2)OCO3)cc1. The van der Waals surface area contributed by atoms with Crippen LogP contribution in [0.1, 0.15) is 16.7 Å². The van der Waals surface area contributed by atoms with E-state index < -0.39 is 0 Å². The van der Waals surface area contributed by atoms with E-state index in [4.69, 9.17) is 9.47 Å². The van der Waals surface area contributed by atoms with Gasteiger partial charge in [-0.05, 0) is 55.2 Å². The zero-order chi connectivity index (χ0) is 20.1. The van der Waals surface area contributed by atoms with Crippen molar-refractivity contribution in [3.8, 4) is 11.5 Å². The Morgan fingerprint density at radius 2 is 1.62 bits per heavy atom. The van der Waals surface area contributed by atoms with Gasteiger partial charge < -0.3 is 20.1 Å². The predicted octanol–water partition coefficient (Wildman–Crippen LogP) is 4.70. The van der Waals surface area contributed by atoms with E-state index in [1.54, 1.807) is 0 Å². The van der Waals surface area contributed by atoms with Crippen LogP contribution in [0.4, 0.5) is 10.5 Å². The first-order chi connectivity index (χ1) is 14.2. The highest BCUT2D eigenvalue weighted by Gasteiger charge is 2.18. The number of nitrogens with one attached hydrogen (secondary N) is 2. The van der Waals surface area contributed by atoms with Crippen LogP contribution < -0.4 is 20.1 Å². The van der Waals surface area contributed by atoms with Gasteiger partial charge in [-0.2, -0.15) is 0 Å². The highest BCUT2D eigenvalue weighted by Crippen LogP contribution is 2.32. The summed E-state index contributed by atoms with van der Waals surface area (Å²) < 4.78 is 10.9. The monoisotopic (exact) mass is 388 g/mol. The molecule has 2 amide bonds. The van der Waals surface area contributed by atoms with E-state index in [2.05, 4.69) is 22.8 Å². The van der Waals surface area contributed by atoms with E-state index in [1.807, 2.05) is 67.6 Å². The van der Waals surface area contributed by atoms with Crippen molar-refractivity contribution in [1.29, 1.82) is 0 Å². The first-order valence-electron chi connectivity index (χ1n) is 9.72. The Morgan fingerprint density at radius 3 is 2.41 bits per heavy atom. The summed E-state index contributed by atoms with van der Waals surface area (Å²) in [5.74, 6) is 1.52. The van der Waals surface area contributed by atoms with E-state index in [-0.39, 0.29) is 18.9 Å². The maximum absolute atomic E-state index is 12.6. The van der Waals surface area contributed by atoms with Crippen molar-refractivity contribution in [1.82, 2.24) is 5.32 Å². The topological polar surface area (TPSA) is 59.6 Å². The van der Waals surface area contributed by atoms with Crippen LogP contribution in [0.25, 0.3) is 0 Å². The largest absolute Gasteiger partial charge is 0.454 e. The number of hydrogen-bond acceptors (Lipinski definition) is 3. The Bertz CT molecular complexity index is 971. The molecule has 3 aromatic rings. The molecule has 148 valence electrons. The van der Waals surface area contributed by atoms with Gasteiger partial charge in [0.1, 0.15) is 0 Å². The molecule has 1 atom stereocenters. The molecule has 0 saturated heterocycles. The number of benzene rings is 3. The molecule has 0 bridgehead atoms. The third-order valence-corrected chi connectivity index (χ3v) is 4.89. The number of carbonyl (C=O) groups excluding carboxylic acids is 1. The van der Waals surface area contributed by atoms with Crippen LogP contribution in [-0.2, 0) is 12.8 Å². The Balaban J connectivity index is 1.47. The quantitative estimate of drug-likeness (QED) is 0.644. The number of fused-ring (bicyclic) bond motifs is 1. The molecule has 5 heteroatoms. The van der Waals surface area contributed by atoms with Gasteiger partial charge in [0.2, 0.25) is 6.79 Å². The molecule has 0 saturated carbocycles. The van der Waals surface area contributed by atoms with Crippen LogP contribution in [0.3, 0.4) is 0 Å². The number of amides is 2. The lowest BCUT2D eigenvalue weighted by Crippen LogP contribution is -2.40. The summed E-state index contributed by atoms with van der Waals surface area (Å²) in [6.07, 6.45) is 1.42. The molecule has 1 aliphatic heterocycles. The summed E-state index contributed by atoms with van der Waals surface area (Å²) in [5.41, 5.74) is 4.19. The second kappa shape index (κ2) is 8.69. The predicted molar refractivity (Wildman–Crippen MR) is 114 cm³/mol. The molecule has 2 N–H and O–H groups in total. The Kier molecular flexibility index (Phi) is 5.66. The Morgan fingerprint density at radius 1 is 0.897 bits per heavy atom. The first kappa shape index (κ1) is 18.9. The average Bonchev–Trinajstić information content (AvgIpc) is 3.18. The minimum absolute atomic E-state index is 0.0665. The smallest absolute Gasteiger partial charge is 0.319 e. The molecule has 0 unspecified atom stereocenters. The summed E-state index contributed by atoms with van der Waals surface area (Å²) in [6, 6.07) is 23.6. The summed E-state index contributed by atoms with van der Waals surface area (Å²) in [7, 11) is 0. The van der Waals surface area contributed by atoms with E-state index in [0.717, 1.165) is 34.7 Å². The molecule has 3 aromatic carbocycles. The number of anilines is 1. The molecule has 1 aliphatic rings. The molecule has 0 radical (unpaired) electrons. The number of aryl methyl sites for hydroxylation is 1. The fourth-order valence-electron chi connectivity index (χ4n) is 3.41. The van der Waals surface area contributed by atoms with Crippen LogP contribution in [0.15, 0.2) is 72.8 Å². The zero-order valence-corrected chi connectivity index (χ0v) is 16.4. The number of urea groups is 1. The van der Waals surface area contributed by atoms with Crippen molar-refractivity contribution < 1.29 is 14.3 Å². The number of hydrogen-bond donors (Lipinski definition) is 2. The van der Waals surface area contributed by atoms with Crippen molar-refractivity contribution in [2.45, 2.75) is 25.8 Å². The van der Waals surface area contributed by atoms with Crippen molar-refractivity contribution in [2.75, 3.05) is 12.1 Å². The zero-order valence-electron chi connectivity index (χ0n) is 16.4. The van der Waals surface area contributed by atoms with Crippen LogP contribution in [0.5, 0.6) is 11.5 Å². The number of carbonyl (C=O) groups is 1. The van der Waals surface area contributed by atoms with Gasteiger partial charge in [0.15, 0.2) is 11.5 Å². The molecular weight excluding hydrogens is 364 g/mol. The molecule has 0 spiro atoms. The molecule has 0 aliphatic carbocycles. The molecule has 1 heterocycles. The second-order valence-electron chi connectivity index (χ2n) is 7.24. The van der Waals surface area contributed by atoms with Gasteiger partial charge in [0.25, 0.3) is 0 Å². The second-order valence-corrected chi connectivity index (χ2v) is 7.24. The standard InChI is InChI=1S/C24H24N2O3/c1-17-7-10-20(11-8-17)25-24(27)26-21(13-18-5-3-2-4-6-18)14-19-9-12-22-23(15-19)29-16-28-22/h2-12,15,21H,13-14,16H2,1H3,(H2,25,26,27)/t21-/m1/s1. The average molecular weight is 388 g/mol. The van der Waals surface area contributed by atoms with Gasteiger partial charge in [-0.3, -0.25) is 0 Å². The fraction of sp³-hybridized carbons (Fsp3) is 0.208. The summed E-state index contributed by atoms with van der Waals surface area (Å²) >= 11 is 0. The third kappa shape index (κ3) is 5.08. The van der Waals surface area contributed by atoms with Gasteiger partial charge in [-0.15, -0.1) is 0 Å². The van der Waals surface area contributed by atoms with E-state index in [0.29, 0.717) is 6.42 Å². The van der Waals surface area contributed by atoms with Gasteiger partial charge in [-0.25, -0.2) is 4.79 Å². The minimum atomic E-state index is -0.212. The minimum Gasteiger partial charge on any atom is -0.454 e. The molecule has 0 aromatic heterocycles. The van der Waals surface area contributed by atoms with Crippen molar-refractivity contribution >= 4 is 11.7 Å². The van der Waals surface area contributed by atoms with E-state index in [1.165, 1.54) is 5.56 Å². The maximum Gasteiger partial charge on any atom is 0.319 e. The Labute approximate surface area is 170 Å². The van der Waals surface area contributed by atoms with Gasteiger partial charge >= 0.3 is 6.03 Å². The van der Waals surface area contributed by atoms with Crippen LogP contribution in [-0.4, -0.2) is 18.9 Å². The summed E-state index contributed by atoms with van der Waals surface area (Å²) in [6.45, 7) is 2.27. The van der Waals surface area contributed by atoms with Crippen molar-refractivity contribution in [3.63, 3.8) is 0 Å². The van der Waals surface area contributed by atoms with Crippen LogP contribution >= 0.6 is 0 Å². The lowest BCUT2D eigenvalue weighted by molar-refractivity contribution is 0.174. The summed E-state index contributed by atoms with van der Waals surface area (Å²) in [5, 5.41) is 6.04. The highest BCUT2D eigenvalue weighted by molar-refractivity contribution is 5.89. The lowest BCUT2D eigenvalue weighted by Gasteiger charge is -2.20. The van der Waals surface area contributed by atoms with Gasteiger partial charge in [0.05, 0.1) is 0 Å². The van der Waals surface area contributed by atoms with E-state index >= 15 is 0 Å². The highest BCUT2D eigenvalue weighted by atomic mass is 16.7. The van der Waals surface area contributed by atoms with Crippen LogP contribution in [0.2, 0.25) is 0 Å². The molecule has 0 fully saturated rings. The lowest BCUT2D eigenvalue weighted by atomic mass is 9.98. The van der Waals surface area contributed by atoms with Gasteiger partial charge in [-0.1, -0.05) is 54.1 Å². The van der Waals surface area contributed by atoms with Crippen molar-refractivity contribution in [3.05, 3.63) is 89.5 Å². The third-order valence-electron chi connectivity index (χ3n) is 4.89. The van der Waals surface area contributed by atoms with Crippen LogP contribution in [0, 0.1) is 6.92 Å². The number of rotatable bonds is 6. The maximum atomic E-state index is 12.6.